The van der Waals surface area contributed by atoms with Crippen molar-refractivity contribution in [2.24, 2.45) is 11.7 Å². The van der Waals surface area contributed by atoms with Crippen LogP contribution in [0.25, 0.3) is 0 Å². The number of benzene rings is 1. The highest BCUT2D eigenvalue weighted by Gasteiger charge is 2.25. The van der Waals surface area contributed by atoms with Crippen LogP contribution in [0, 0.1) is 19.8 Å². The molecule has 2 N–H and O–H groups in total. The molecule has 2 unspecified atom stereocenters. The smallest absolute Gasteiger partial charge is 0.126 e. The van der Waals surface area contributed by atoms with Gasteiger partial charge in [-0.3, -0.25) is 0 Å². The SMILES string of the molecule is COc1c(C)cc(C)cc1C(C(C)CCN)N(C)C. The van der Waals surface area contributed by atoms with E-state index in [0.717, 1.165) is 18.7 Å². The second-order valence-corrected chi connectivity index (χ2v) is 5.67. The quantitative estimate of drug-likeness (QED) is 0.858. The average molecular weight is 264 g/mol. The average Bonchev–Trinajstić information content (AvgIpc) is 2.28. The van der Waals surface area contributed by atoms with Gasteiger partial charge in [0.15, 0.2) is 0 Å². The Morgan fingerprint density at radius 1 is 1.26 bits per heavy atom. The molecule has 0 bridgehead atoms. The van der Waals surface area contributed by atoms with Gasteiger partial charge >= 0.3 is 0 Å². The maximum Gasteiger partial charge on any atom is 0.126 e. The Hall–Kier alpha value is -1.06. The van der Waals surface area contributed by atoms with Crippen LogP contribution in [-0.4, -0.2) is 32.6 Å². The minimum atomic E-state index is 0.331. The number of aryl methyl sites for hydroxylation is 2. The van der Waals surface area contributed by atoms with E-state index in [1.54, 1.807) is 7.11 Å². The molecule has 1 aromatic rings. The zero-order chi connectivity index (χ0) is 14.6. The van der Waals surface area contributed by atoms with Crippen LogP contribution < -0.4 is 10.5 Å². The fourth-order valence-corrected chi connectivity index (χ4v) is 3.00. The van der Waals surface area contributed by atoms with Crippen molar-refractivity contribution in [3.05, 3.63) is 28.8 Å². The third kappa shape index (κ3) is 3.71. The molecule has 0 aromatic heterocycles. The highest BCUT2D eigenvalue weighted by Crippen LogP contribution is 2.37. The molecule has 19 heavy (non-hydrogen) atoms. The van der Waals surface area contributed by atoms with E-state index in [9.17, 15) is 0 Å². The molecular weight excluding hydrogens is 236 g/mol. The molecule has 0 amide bonds. The van der Waals surface area contributed by atoms with Gasteiger partial charge in [0.2, 0.25) is 0 Å². The minimum Gasteiger partial charge on any atom is -0.496 e. The predicted octanol–water partition coefficient (Wildman–Crippen LogP) is 2.90. The third-order valence-corrected chi connectivity index (χ3v) is 3.69. The summed E-state index contributed by atoms with van der Waals surface area (Å²) >= 11 is 0. The number of nitrogens with two attached hydrogens (primary N) is 1. The number of ether oxygens (including phenoxy) is 1. The summed E-state index contributed by atoms with van der Waals surface area (Å²) in [6.45, 7) is 7.22. The van der Waals surface area contributed by atoms with Crippen LogP contribution in [0.15, 0.2) is 12.1 Å². The van der Waals surface area contributed by atoms with Crippen molar-refractivity contribution in [2.75, 3.05) is 27.7 Å². The first kappa shape index (κ1) is 16.0. The maximum atomic E-state index is 5.73. The summed E-state index contributed by atoms with van der Waals surface area (Å²) in [5, 5.41) is 0. The minimum absolute atomic E-state index is 0.331. The molecule has 3 heteroatoms. The van der Waals surface area contributed by atoms with Gasteiger partial charge in [-0.1, -0.05) is 24.6 Å². The normalized spacial score (nSPS) is 14.5. The molecule has 0 radical (unpaired) electrons. The van der Waals surface area contributed by atoms with Gasteiger partial charge in [-0.05, 0) is 52.4 Å². The molecule has 0 saturated carbocycles. The molecule has 0 fully saturated rings. The van der Waals surface area contributed by atoms with E-state index in [-0.39, 0.29) is 0 Å². The summed E-state index contributed by atoms with van der Waals surface area (Å²) in [5.74, 6) is 1.50. The van der Waals surface area contributed by atoms with Crippen molar-refractivity contribution in [3.8, 4) is 5.75 Å². The summed E-state index contributed by atoms with van der Waals surface area (Å²) in [6.07, 6.45) is 1.01. The lowest BCUT2D eigenvalue weighted by atomic mass is 9.88. The van der Waals surface area contributed by atoms with Gasteiger partial charge in [0.1, 0.15) is 5.75 Å². The molecule has 0 aliphatic heterocycles. The molecule has 108 valence electrons. The monoisotopic (exact) mass is 264 g/mol. The Morgan fingerprint density at radius 2 is 1.89 bits per heavy atom. The van der Waals surface area contributed by atoms with E-state index < -0.39 is 0 Å². The van der Waals surface area contributed by atoms with Gasteiger partial charge in [-0.2, -0.15) is 0 Å². The zero-order valence-corrected chi connectivity index (χ0v) is 13.2. The van der Waals surface area contributed by atoms with Crippen molar-refractivity contribution >= 4 is 0 Å². The van der Waals surface area contributed by atoms with Crippen LogP contribution in [0.4, 0.5) is 0 Å². The molecule has 3 nitrogen and oxygen atoms in total. The van der Waals surface area contributed by atoms with Crippen LogP contribution >= 0.6 is 0 Å². The Kier molecular flexibility index (Phi) is 5.83. The number of nitrogens with zero attached hydrogens (tertiary/aromatic N) is 1. The molecule has 1 aromatic carbocycles. The van der Waals surface area contributed by atoms with Gasteiger partial charge in [-0.25, -0.2) is 0 Å². The molecule has 0 aliphatic rings. The van der Waals surface area contributed by atoms with E-state index in [4.69, 9.17) is 10.5 Å². The van der Waals surface area contributed by atoms with E-state index in [1.807, 2.05) is 0 Å². The number of hydrogen-bond donors (Lipinski definition) is 1. The van der Waals surface area contributed by atoms with Crippen molar-refractivity contribution in [2.45, 2.75) is 33.2 Å². The van der Waals surface area contributed by atoms with E-state index in [1.165, 1.54) is 16.7 Å². The van der Waals surface area contributed by atoms with Crippen LogP contribution in [0.5, 0.6) is 5.75 Å². The number of rotatable bonds is 6. The van der Waals surface area contributed by atoms with Crippen molar-refractivity contribution in [1.82, 2.24) is 4.90 Å². The first-order valence-electron chi connectivity index (χ1n) is 6.94. The standard InChI is InChI=1S/C16H28N2O/c1-11-9-13(3)16(19-6)14(10-11)15(18(4)5)12(2)7-8-17/h9-10,12,15H,7-8,17H2,1-6H3. The Bertz CT molecular complexity index is 415. The molecule has 0 spiro atoms. The number of hydrogen-bond acceptors (Lipinski definition) is 3. The van der Waals surface area contributed by atoms with Crippen LogP contribution in [0.2, 0.25) is 0 Å². The first-order chi connectivity index (χ1) is 8.92. The largest absolute Gasteiger partial charge is 0.496 e. The fraction of sp³-hybridized carbons (Fsp3) is 0.625. The summed E-state index contributed by atoms with van der Waals surface area (Å²) in [4.78, 5) is 2.26. The van der Waals surface area contributed by atoms with Crippen molar-refractivity contribution in [1.29, 1.82) is 0 Å². The summed E-state index contributed by atoms with van der Waals surface area (Å²) in [5.41, 5.74) is 9.47. The maximum absolute atomic E-state index is 5.73. The van der Waals surface area contributed by atoms with E-state index >= 15 is 0 Å². The molecule has 0 saturated heterocycles. The van der Waals surface area contributed by atoms with E-state index in [2.05, 4.69) is 51.9 Å². The summed E-state index contributed by atoms with van der Waals surface area (Å²) in [6, 6.07) is 4.74. The van der Waals surface area contributed by atoms with Gasteiger partial charge in [0.05, 0.1) is 7.11 Å². The van der Waals surface area contributed by atoms with Crippen LogP contribution in [0.3, 0.4) is 0 Å². The van der Waals surface area contributed by atoms with Gasteiger partial charge in [0, 0.05) is 11.6 Å². The molecule has 1 rings (SSSR count). The zero-order valence-electron chi connectivity index (χ0n) is 13.2. The topological polar surface area (TPSA) is 38.5 Å². The second-order valence-electron chi connectivity index (χ2n) is 5.67. The molecular formula is C16H28N2O. The van der Waals surface area contributed by atoms with Gasteiger partial charge in [-0.15, -0.1) is 0 Å². The van der Waals surface area contributed by atoms with E-state index in [0.29, 0.717) is 12.0 Å². The Morgan fingerprint density at radius 3 is 2.37 bits per heavy atom. The summed E-state index contributed by atoms with van der Waals surface area (Å²) < 4.78 is 5.63. The third-order valence-electron chi connectivity index (χ3n) is 3.69. The fourth-order valence-electron chi connectivity index (χ4n) is 3.00. The highest BCUT2D eigenvalue weighted by atomic mass is 16.5. The summed E-state index contributed by atoms with van der Waals surface area (Å²) in [7, 11) is 5.99. The lowest BCUT2D eigenvalue weighted by Gasteiger charge is -2.32. The van der Waals surface area contributed by atoms with Gasteiger partial charge in [0.25, 0.3) is 0 Å². The predicted molar refractivity (Wildman–Crippen MR) is 81.7 cm³/mol. The lowest BCUT2D eigenvalue weighted by molar-refractivity contribution is 0.211. The van der Waals surface area contributed by atoms with Crippen LogP contribution in [0.1, 0.15) is 36.1 Å². The van der Waals surface area contributed by atoms with Crippen molar-refractivity contribution in [3.63, 3.8) is 0 Å². The molecule has 0 aliphatic carbocycles. The number of methoxy groups -OCH3 is 1. The van der Waals surface area contributed by atoms with Gasteiger partial charge < -0.3 is 15.4 Å². The first-order valence-corrected chi connectivity index (χ1v) is 6.94. The Labute approximate surface area is 117 Å². The van der Waals surface area contributed by atoms with Crippen molar-refractivity contribution < 1.29 is 4.74 Å². The lowest BCUT2D eigenvalue weighted by Crippen LogP contribution is -2.28. The molecule has 2 atom stereocenters. The van der Waals surface area contributed by atoms with Crippen LogP contribution in [-0.2, 0) is 0 Å². The highest BCUT2D eigenvalue weighted by molar-refractivity contribution is 5.45. The Balaban J connectivity index is 3.29. The second kappa shape index (κ2) is 6.92. The molecule has 0 heterocycles.